The van der Waals surface area contributed by atoms with Crippen molar-refractivity contribution >= 4 is 5.91 Å². The molecule has 1 aromatic rings. The maximum atomic E-state index is 13.5. The van der Waals surface area contributed by atoms with E-state index < -0.39 is 23.1 Å². The first-order chi connectivity index (χ1) is 7.09. The summed E-state index contributed by atoms with van der Waals surface area (Å²) in [6, 6.07) is 2.52. The van der Waals surface area contributed by atoms with Gasteiger partial charge in [-0.05, 0) is 31.4 Å². The van der Waals surface area contributed by atoms with Gasteiger partial charge in [0.1, 0.15) is 17.2 Å². The molecule has 0 unspecified atom stereocenters. The van der Waals surface area contributed by atoms with Crippen molar-refractivity contribution in [3.63, 3.8) is 0 Å². The average Bonchev–Trinajstić information content (AvgIpc) is 2.96. The smallest absolute Gasteiger partial charge is 0.257 e. The first-order valence-corrected chi connectivity index (χ1v) is 4.85. The molecule has 2 rings (SSSR count). The Bertz CT molecular complexity index is 413. The summed E-state index contributed by atoms with van der Waals surface area (Å²) in [5, 5.41) is 2.56. The fraction of sp³-hybridized carbons (Fsp3) is 0.364. The van der Waals surface area contributed by atoms with E-state index in [-0.39, 0.29) is 11.6 Å². The molecule has 0 aromatic heterocycles. The highest BCUT2D eigenvalue weighted by atomic mass is 19.1. The summed E-state index contributed by atoms with van der Waals surface area (Å²) in [6.07, 6.45) is 1.78. The first-order valence-electron chi connectivity index (χ1n) is 4.85. The molecule has 0 spiro atoms. The second-order valence-electron chi connectivity index (χ2n) is 3.80. The van der Waals surface area contributed by atoms with E-state index in [1.165, 1.54) is 13.0 Å². The van der Waals surface area contributed by atoms with Crippen LogP contribution in [-0.2, 0) is 0 Å². The molecule has 0 atom stereocenters. The molecule has 0 heterocycles. The summed E-state index contributed by atoms with van der Waals surface area (Å²) < 4.78 is 26.7. The van der Waals surface area contributed by atoms with Crippen LogP contribution in [0, 0.1) is 18.6 Å². The lowest BCUT2D eigenvalue weighted by Crippen LogP contribution is -2.27. The number of aryl methyl sites for hydroxylation is 1. The topological polar surface area (TPSA) is 29.1 Å². The van der Waals surface area contributed by atoms with Crippen molar-refractivity contribution in [3.05, 3.63) is 34.9 Å². The zero-order valence-corrected chi connectivity index (χ0v) is 8.31. The number of carbonyl (C=O) groups is 1. The lowest BCUT2D eigenvalue weighted by molar-refractivity contribution is 0.0942. The SMILES string of the molecule is Cc1ccc(F)c(C(=O)NC2CC2)c1F. The molecular weight excluding hydrogens is 200 g/mol. The molecule has 15 heavy (non-hydrogen) atoms. The summed E-state index contributed by atoms with van der Waals surface area (Å²) in [6.45, 7) is 1.50. The van der Waals surface area contributed by atoms with Crippen molar-refractivity contribution in [2.45, 2.75) is 25.8 Å². The largest absolute Gasteiger partial charge is 0.349 e. The van der Waals surface area contributed by atoms with Gasteiger partial charge in [0.2, 0.25) is 0 Å². The second kappa shape index (κ2) is 3.61. The molecule has 1 aromatic carbocycles. The van der Waals surface area contributed by atoms with E-state index in [4.69, 9.17) is 0 Å². The van der Waals surface area contributed by atoms with Gasteiger partial charge in [0, 0.05) is 6.04 Å². The molecule has 1 saturated carbocycles. The highest BCUT2D eigenvalue weighted by molar-refractivity contribution is 5.95. The third kappa shape index (κ3) is 1.98. The van der Waals surface area contributed by atoms with Crippen LogP contribution in [0.4, 0.5) is 8.78 Å². The Labute approximate surface area is 86.3 Å². The van der Waals surface area contributed by atoms with E-state index in [1.807, 2.05) is 0 Å². The predicted molar refractivity (Wildman–Crippen MR) is 51.6 cm³/mol. The maximum Gasteiger partial charge on any atom is 0.257 e. The lowest BCUT2D eigenvalue weighted by atomic mass is 10.1. The van der Waals surface area contributed by atoms with E-state index in [2.05, 4.69) is 5.32 Å². The molecule has 0 bridgehead atoms. The molecular formula is C11H11F2NO. The molecule has 2 nitrogen and oxygen atoms in total. The molecule has 1 amide bonds. The van der Waals surface area contributed by atoms with Crippen molar-refractivity contribution in [3.8, 4) is 0 Å². The number of hydrogen-bond donors (Lipinski definition) is 1. The van der Waals surface area contributed by atoms with Crippen LogP contribution < -0.4 is 5.32 Å². The predicted octanol–water partition coefficient (Wildman–Crippen LogP) is 2.17. The van der Waals surface area contributed by atoms with Crippen LogP contribution >= 0.6 is 0 Å². The summed E-state index contributed by atoms with van der Waals surface area (Å²) in [4.78, 5) is 11.5. The Morgan fingerprint density at radius 3 is 2.67 bits per heavy atom. The Morgan fingerprint density at radius 2 is 2.07 bits per heavy atom. The number of halogens is 2. The molecule has 0 radical (unpaired) electrons. The molecule has 1 N–H and O–H groups in total. The number of benzene rings is 1. The van der Waals surface area contributed by atoms with Crippen molar-refractivity contribution in [1.82, 2.24) is 5.32 Å². The van der Waals surface area contributed by atoms with Gasteiger partial charge >= 0.3 is 0 Å². The van der Waals surface area contributed by atoms with Crippen LogP contribution in [0.5, 0.6) is 0 Å². The average molecular weight is 211 g/mol. The lowest BCUT2D eigenvalue weighted by Gasteiger charge is -2.07. The van der Waals surface area contributed by atoms with Gasteiger partial charge in [0.05, 0.1) is 0 Å². The first kappa shape index (κ1) is 10.1. The fourth-order valence-electron chi connectivity index (χ4n) is 1.35. The van der Waals surface area contributed by atoms with Gasteiger partial charge in [-0.1, -0.05) is 6.07 Å². The van der Waals surface area contributed by atoms with Crippen LogP contribution in [0.25, 0.3) is 0 Å². The normalized spacial score (nSPS) is 15.1. The van der Waals surface area contributed by atoms with Gasteiger partial charge in [-0.2, -0.15) is 0 Å². The zero-order valence-electron chi connectivity index (χ0n) is 8.31. The third-order valence-electron chi connectivity index (χ3n) is 2.42. The van der Waals surface area contributed by atoms with Crippen LogP contribution in [0.2, 0.25) is 0 Å². The molecule has 0 saturated heterocycles. The van der Waals surface area contributed by atoms with E-state index in [9.17, 15) is 13.6 Å². The minimum Gasteiger partial charge on any atom is -0.349 e. The van der Waals surface area contributed by atoms with E-state index in [0.717, 1.165) is 18.9 Å². The summed E-state index contributed by atoms with van der Waals surface area (Å²) in [5.74, 6) is -2.24. The summed E-state index contributed by atoms with van der Waals surface area (Å²) in [7, 11) is 0. The monoisotopic (exact) mass is 211 g/mol. The van der Waals surface area contributed by atoms with Crippen LogP contribution in [0.15, 0.2) is 12.1 Å². The summed E-state index contributed by atoms with van der Waals surface area (Å²) in [5.41, 5.74) is -0.195. The fourth-order valence-corrected chi connectivity index (χ4v) is 1.35. The van der Waals surface area contributed by atoms with Crippen molar-refractivity contribution in [2.75, 3.05) is 0 Å². The summed E-state index contributed by atoms with van der Waals surface area (Å²) >= 11 is 0. The van der Waals surface area contributed by atoms with Gasteiger partial charge in [-0.3, -0.25) is 4.79 Å². The van der Waals surface area contributed by atoms with Crippen molar-refractivity contribution in [2.24, 2.45) is 0 Å². The minimum atomic E-state index is -0.809. The maximum absolute atomic E-state index is 13.5. The molecule has 1 fully saturated rings. The van der Waals surface area contributed by atoms with Gasteiger partial charge in [-0.25, -0.2) is 8.78 Å². The second-order valence-corrected chi connectivity index (χ2v) is 3.80. The Hall–Kier alpha value is -1.45. The molecule has 1 aliphatic rings. The number of hydrogen-bond acceptors (Lipinski definition) is 1. The van der Waals surface area contributed by atoms with E-state index in [0.29, 0.717) is 0 Å². The van der Waals surface area contributed by atoms with Gasteiger partial charge in [0.25, 0.3) is 5.91 Å². The van der Waals surface area contributed by atoms with Crippen molar-refractivity contribution in [1.29, 1.82) is 0 Å². The Kier molecular flexibility index (Phi) is 2.42. The number of carbonyl (C=O) groups excluding carboxylic acids is 1. The molecule has 0 aliphatic heterocycles. The number of nitrogens with one attached hydrogen (secondary N) is 1. The highest BCUT2D eigenvalue weighted by Crippen LogP contribution is 2.21. The standard InChI is InChI=1S/C11H11F2NO/c1-6-2-5-8(12)9(10(6)13)11(15)14-7-3-4-7/h2,5,7H,3-4H2,1H3,(H,14,15). The van der Waals surface area contributed by atoms with E-state index >= 15 is 0 Å². The molecule has 1 aliphatic carbocycles. The van der Waals surface area contributed by atoms with Crippen LogP contribution in [0.3, 0.4) is 0 Å². The Morgan fingerprint density at radius 1 is 1.40 bits per heavy atom. The van der Waals surface area contributed by atoms with E-state index in [1.54, 1.807) is 0 Å². The highest BCUT2D eigenvalue weighted by Gasteiger charge is 2.27. The number of amides is 1. The van der Waals surface area contributed by atoms with Gasteiger partial charge in [-0.15, -0.1) is 0 Å². The minimum absolute atomic E-state index is 0.0943. The van der Waals surface area contributed by atoms with Crippen LogP contribution in [0.1, 0.15) is 28.8 Å². The quantitative estimate of drug-likeness (QED) is 0.798. The van der Waals surface area contributed by atoms with Crippen LogP contribution in [-0.4, -0.2) is 11.9 Å². The molecule has 80 valence electrons. The van der Waals surface area contributed by atoms with Crippen molar-refractivity contribution < 1.29 is 13.6 Å². The molecule has 4 heteroatoms. The zero-order chi connectivity index (χ0) is 11.0. The third-order valence-corrected chi connectivity index (χ3v) is 2.42. The van der Waals surface area contributed by atoms with Gasteiger partial charge < -0.3 is 5.32 Å². The van der Waals surface area contributed by atoms with Gasteiger partial charge in [0.15, 0.2) is 0 Å². The number of rotatable bonds is 2. The Balaban J connectivity index is 2.32.